The van der Waals surface area contributed by atoms with Gasteiger partial charge in [-0.15, -0.1) is 9.24 Å². The Morgan fingerprint density at radius 1 is 1.50 bits per heavy atom. The molecule has 0 aromatic rings. The molecular formula is C6H15PS. The maximum atomic E-state index is 2.78. The van der Waals surface area contributed by atoms with Crippen LogP contribution in [0.25, 0.3) is 0 Å². The molecule has 0 aliphatic heterocycles. The van der Waals surface area contributed by atoms with Crippen molar-refractivity contribution in [3.05, 3.63) is 0 Å². The Hall–Kier alpha value is 0.780. The van der Waals surface area contributed by atoms with Gasteiger partial charge in [0, 0.05) is 5.25 Å². The minimum Gasteiger partial charge on any atom is -0.162 e. The molecule has 0 spiro atoms. The molecule has 0 N–H and O–H groups in total. The molecule has 0 fully saturated rings. The van der Waals surface area contributed by atoms with Gasteiger partial charge in [-0.25, -0.2) is 0 Å². The van der Waals surface area contributed by atoms with Gasteiger partial charge >= 0.3 is 0 Å². The minimum atomic E-state index is 0.812. The van der Waals surface area contributed by atoms with E-state index in [0.29, 0.717) is 0 Å². The summed E-state index contributed by atoms with van der Waals surface area (Å²) >= 11 is 1.94. The predicted octanol–water partition coefficient (Wildman–Crippen LogP) is 2.25. The molecule has 8 heavy (non-hydrogen) atoms. The van der Waals surface area contributed by atoms with E-state index in [2.05, 4.69) is 29.3 Å². The van der Waals surface area contributed by atoms with Gasteiger partial charge in [0.15, 0.2) is 0 Å². The molecule has 0 nitrogen and oxygen atoms in total. The van der Waals surface area contributed by atoms with E-state index in [-0.39, 0.29) is 0 Å². The fourth-order valence-electron chi connectivity index (χ4n) is 0.424. The summed E-state index contributed by atoms with van der Waals surface area (Å²) in [6.07, 6.45) is 3.39. The zero-order chi connectivity index (χ0) is 6.57. The Morgan fingerprint density at radius 3 is 2.12 bits per heavy atom. The smallest absolute Gasteiger partial charge is 0.00447 e. The lowest BCUT2D eigenvalue weighted by Crippen LogP contribution is -2.10. The van der Waals surface area contributed by atoms with Gasteiger partial charge in [-0.05, 0) is 18.3 Å². The van der Waals surface area contributed by atoms with Crippen LogP contribution in [-0.2, 0) is 0 Å². The van der Waals surface area contributed by atoms with Gasteiger partial charge in [-0.3, -0.25) is 0 Å². The summed E-state index contributed by atoms with van der Waals surface area (Å²) < 4.78 is 0. The standard InChI is InChI=1S/C6H15PS/c1-5(4-7)6(2)8-3/h5-6H,4,7H2,1-3H3. The first-order valence-electron chi connectivity index (χ1n) is 2.95. The van der Waals surface area contributed by atoms with Crippen molar-refractivity contribution in [3.8, 4) is 0 Å². The summed E-state index contributed by atoms with van der Waals surface area (Å²) in [6, 6.07) is 0. The number of thioether (sulfide) groups is 1. The van der Waals surface area contributed by atoms with Crippen molar-refractivity contribution in [3.63, 3.8) is 0 Å². The van der Waals surface area contributed by atoms with E-state index in [4.69, 9.17) is 0 Å². The third-order valence-corrected chi connectivity index (χ3v) is 3.50. The van der Waals surface area contributed by atoms with Crippen LogP contribution in [0.1, 0.15) is 13.8 Å². The van der Waals surface area contributed by atoms with Crippen LogP contribution in [0.15, 0.2) is 0 Å². The van der Waals surface area contributed by atoms with Gasteiger partial charge < -0.3 is 0 Å². The van der Waals surface area contributed by atoms with Gasteiger partial charge in [0.05, 0.1) is 0 Å². The monoisotopic (exact) mass is 150 g/mol. The third kappa shape index (κ3) is 2.94. The van der Waals surface area contributed by atoms with Crippen molar-refractivity contribution in [2.24, 2.45) is 5.92 Å². The number of hydrogen-bond acceptors (Lipinski definition) is 1. The van der Waals surface area contributed by atoms with E-state index in [0.717, 1.165) is 11.2 Å². The van der Waals surface area contributed by atoms with Crippen molar-refractivity contribution in [2.45, 2.75) is 19.1 Å². The molecule has 50 valence electrons. The van der Waals surface area contributed by atoms with Gasteiger partial charge in [0.2, 0.25) is 0 Å². The second-order valence-electron chi connectivity index (χ2n) is 2.15. The van der Waals surface area contributed by atoms with Gasteiger partial charge in [0.25, 0.3) is 0 Å². The SMILES string of the molecule is CSC(C)C(C)CP. The molecule has 3 atom stereocenters. The lowest BCUT2D eigenvalue weighted by molar-refractivity contribution is 0.654. The van der Waals surface area contributed by atoms with Gasteiger partial charge in [0.1, 0.15) is 0 Å². The second kappa shape index (κ2) is 4.64. The molecule has 3 unspecified atom stereocenters. The average Bonchev–Trinajstić information content (AvgIpc) is 1.84. The molecule has 0 aromatic heterocycles. The molecule has 0 bridgehead atoms. The van der Waals surface area contributed by atoms with Crippen LogP contribution in [0.4, 0.5) is 0 Å². The largest absolute Gasteiger partial charge is 0.162 e. The van der Waals surface area contributed by atoms with E-state index in [1.54, 1.807) is 0 Å². The first-order valence-corrected chi connectivity index (χ1v) is 5.05. The van der Waals surface area contributed by atoms with Crippen LogP contribution in [0.2, 0.25) is 0 Å². The van der Waals surface area contributed by atoms with Crippen molar-refractivity contribution in [1.82, 2.24) is 0 Å². The van der Waals surface area contributed by atoms with E-state index in [1.807, 2.05) is 11.8 Å². The molecule has 0 aromatic carbocycles. The molecule has 0 amide bonds. The van der Waals surface area contributed by atoms with Crippen molar-refractivity contribution in [1.29, 1.82) is 0 Å². The zero-order valence-corrected chi connectivity index (χ0v) is 7.82. The maximum Gasteiger partial charge on any atom is 0.00447 e. The molecule has 0 aliphatic carbocycles. The highest BCUT2D eigenvalue weighted by molar-refractivity contribution is 7.99. The minimum absolute atomic E-state index is 0.812. The normalized spacial score (nSPS) is 18.0. The summed E-state index contributed by atoms with van der Waals surface area (Å²) in [4.78, 5) is 0. The first-order chi connectivity index (χ1) is 3.72. The quantitative estimate of drug-likeness (QED) is 0.556. The van der Waals surface area contributed by atoms with Crippen molar-refractivity contribution in [2.75, 3.05) is 12.4 Å². The van der Waals surface area contributed by atoms with Gasteiger partial charge in [-0.2, -0.15) is 11.8 Å². The molecule has 0 heterocycles. The topological polar surface area (TPSA) is 0 Å². The maximum absolute atomic E-state index is 2.78. The fourth-order valence-corrected chi connectivity index (χ4v) is 1.61. The Bertz CT molecular complexity index is 48.5. The zero-order valence-electron chi connectivity index (χ0n) is 5.85. The Labute approximate surface area is 59.0 Å². The third-order valence-electron chi connectivity index (χ3n) is 1.54. The van der Waals surface area contributed by atoms with Crippen LogP contribution in [-0.4, -0.2) is 17.7 Å². The summed E-state index contributed by atoms with van der Waals surface area (Å²) in [7, 11) is 2.78. The lowest BCUT2D eigenvalue weighted by atomic mass is 10.1. The highest BCUT2D eigenvalue weighted by atomic mass is 32.2. The van der Waals surface area contributed by atoms with E-state index in [9.17, 15) is 0 Å². The van der Waals surface area contributed by atoms with Crippen molar-refractivity contribution < 1.29 is 0 Å². The second-order valence-corrected chi connectivity index (χ2v) is 3.84. The molecule has 0 aliphatic rings. The van der Waals surface area contributed by atoms with E-state index >= 15 is 0 Å². The summed E-state index contributed by atoms with van der Waals surface area (Å²) in [5.74, 6) is 0.843. The van der Waals surface area contributed by atoms with Gasteiger partial charge in [-0.1, -0.05) is 13.8 Å². The number of hydrogen-bond donors (Lipinski definition) is 0. The summed E-state index contributed by atoms with van der Waals surface area (Å²) in [5, 5.41) is 0.812. The highest BCUT2D eigenvalue weighted by Gasteiger charge is 2.06. The van der Waals surface area contributed by atoms with E-state index in [1.165, 1.54) is 6.16 Å². The van der Waals surface area contributed by atoms with E-state index < -0.39 is 0 Å². The van der Waals surface area contributed by atoms with Crippen LogP contribution in [0, 0.1) is 5.92 Å². The lowest BCUT2D eigenvalue weighted by Gasteiger charge is -2.14. The first kappa shape index (κ1) is 8.78. The Morgan fingerprint density at radius 2 is 2.00 bits per heavy atom. The summed E-state index contributed by atoms with van der Waals surface area (Å²) in [6.45, 7) is 4.56. The molecule has 0 radical (unpaired) electrons. The number of rotatable bonds is 3. The molecule has 2 heteroatoms. The molecule has 0 saturated heterocycles. The Kier molecular flexibility index (Phi) is 5.09. The molecule has 0 saturated carbocycles. The molecule has 0 rings (SSSR count). The van der Waals surface area contributed by atoms with Crippen LogP contribution >= 0.6 is 21.0 Å². The Balaban J connectivity index is 3.29. The fraction of sp³-hybridized carbons (Fsp3) is 1.00. The predicted molar refractivity (Wildman–Crippen MR) is 46.7 cm³/mol. The van der Waals surface area contributed by atoms with Crippen LogP contribution in [0.5, 0.6) is 0 Å². The summed E-state index contributed by atoms with van der Waals surface area (Å²) in [5.41, 5.74) is 0. The highest BCUT2D eigenvalue weighted by Crippen LogP contribution is 2.17. The van der Waals surface area contributed by atoms with Crippen molar-refractivity contribution >= 4 is 21.0 Å². The average molecular weight is 150 g/mol. The molecular weight excluding hydrogens is 135 g/mol. The van der Waals surface area contributed by atoms with Crippen LogP contribution in [0.3, 0.4) is 0 Å². The van der Waals surface area contributed by atoms with Crippen LogP contribution < -0.4 is 0 Å².